The average molecular weight is 328 g/mol. The molecule has 1 N–H and O–H groups in total. The summed E-state index contributed by atoms with van der Waals surface area (Å²) in [7, 11) is 1.70. The summed E-state index contributed by atoms with van der Waals surface area (Å²) in [5, 5.41) is 3.67. The van der Waals surface area contributed by atoms with Crippen molar-refractivity contribution in [2.24, 2.45) is 11.8 Å². The average Bonchev–Trinajstić information content (AvgIpc) is 2.39. The van der Waals surface area contributed by atoms with Gasteiger partial charge in [0.05, 0.1) is 11.6 Å². The van der Waals surface area contributed by atoms with Crippen LogP contribution >= 0.6 is 15.9 Å². The van der Waals surface area contributed by atoms with Crippen LogP contribution in [0.4, 0.5) is 0 Å². The molecule has 0 radical (unpaired) electrons. The third kappa shape index (κ3) is 4.50. The normalized spacial score (nSPS) is 14.5. The first-order chi connectivity index (χ1) is 9.01. The molecule has 0 aliphatic heterocycles. The molecular weight excluding hydrogens is 302 g/mol. The highest BCUT2D eigenvalue weighted by molar-refractivity contribution is 9.10. The van der Waals surface area contributed by atoms with Gasteiger partial charge in [-0.05, 0) is 58.4 Å². The Morgan fingerprint density at radius 3 is 2.42 bits per heavy atom. The SMILES string of the molecule is CCCNC(c1ccc(OC)c(Br)c1)C(C)C(C)C. The van der Waals surface area contributed by atoms with Crippen LogP contribution in [0.1, 0.15) is 45.7 Å². The summed E-state index contributed by atoms with van der Waals surface area (Å²) >= 11 is 3.58. The van der Waals surface area contributed by atoms with E-state index in [-0.39, 0.29) is 0 Å². The van der Waals surface area contributed by atoms with Gasteiger partial charge in [0, 0.05) is 6.04 Å². The zero-order valence-corrected chi connectivity index (χ0v) is 14.3. The van der Waals surface area contributed by atoms with Crippen LogP contribution in [-0.2, 0) is 0 Å². The Labute approximate surface area is 126 Å². The van der Waals surface area contributed by atoms with Crippen molar-refractivity contribution in [3.63, 3.8) is 0 Å². The van der Waals surface area contributed by atoms with Gasteiger partial charge in [0.2, 0.25) is 0 Å². The van der Waals surface area contributed by atoms with Crippen molar-refractivity contribution in [1.82, 2.24) is 5.32 Å². The maximum absolute atomic E-state index is 5.30. The molecule has 1 aromatic carbocycles. The fourth-order valence-corrected chi connectivity index (χ4v) is 2.73. The number of halogens is 1. The summed E-state index contributed by atoms with van der Waals surface area (Å²) in [6, 6.07) is 6.76. The van der Waals surface area contributed by atoms with E-state index in [2.05, 4.69) is 61.1 Å². The molecule has 2 unspecified atom stereocenters. The molecule has 0 aromatic heterocycles. The van der Waals surface area contributed by atoms with E-state index in [1.54, 1.807) is 7.11 Å². The number of rotatable bonds is 7. The van der Waals surface area contributed by atoms with Gasteiger partial charge in [-0.3, -0.25) is 0 Å². The number of methoxy groups -OCH3 is 1. The quantitative estimate of drug-likeness (QED) is 0.777. The maximum atomic E-state index is 5.30. The number of hydrogen-bond donors (Lipinski definition) is 1. The first kappa shape index (κ1) is 16.5. The fraction of sp³-hybridized carbons (Fsp3) is 0.625. The van der Waals surface area contributed by atoms with Gasteiger partial charge in [0.25, 0.3) is 0 Å². The molecule has 0 saturated heterocycles. The second kappa shape index (κ2) is 7.91. The minimum atomic E-state index is 0.391. The zero-order chi connectivity index (χ0) is 14.4. The van der Waals surface area contributed by atoms with Gasteiger partial charge in [-0.25, -0.2) is 0 Å². The summed E-state index contributed by atoms with van der Waals surface area (Å²) in [4.78, 5) is 0. The smallest absolute Gasteiger partial charge is 0.133 e. The van der Waals surface area contributed by atoms with Crippen LogP contribution in [-0.4, -0.2) is 13.7 Å². The monoisotopic (exact) mass is 327 g/mol. The lowest BCUT2D eigenvalue weighted by atomic mass is 9.86. The van der Waals surface area contributed by atoms with Crippen LogP contribution in [0.15, 0.2) is 22.7 Å². The van der Waals surface area contributed by atoms with Gasteiger partial charge in [0.15, 0.2) is 0 Å². The third-order valence-electron chi connectivity index (χ3n) is 3.73. The van der Waals surface area contributed by atoms with E-state index >= 15 is 0 Å². The number of ether oxygens (including phenoxy) is 1. The third-order valence-corrected chi connectivity index (χ3v) is 4.35. The molecule has 3 heteroatoms. The molecule has 0 heterocycles. The number of benzene rings is 1. The van der Waals surface area contributed by atoms with E-state index in [1.807, 2.05) is 6.07 Å². The van der Waals surface area contributed by atoms with E-state index < -0.39 is 0 Å². The van der Waals surface area contributed by atoms with E-state index in [4.69, 9.17) is 4.74 Å². The van der Waals surface area contributed by atoms with Crippen LogP contribution in [0, 0.1) is 11.8 Å². The van der Waals surface area contributed by atoms with E-state index in [0.717, 1.165) is 23.2 Å². The van der Waals surface area contributed by atoms with Crippen LogP contribution in [0.2, 0.25) is 0 Å². The molecule has 2 nitrogen and oxygen atoms in total. The van der Waals surface area contributed by atoms with Crippen molar-refractivity contribution in [3.8, 4) is 5.75 Å². The van der Waals surface area contributed by atoms with Crippen molar-refractivity contribution >= 4 is 15.9 Å². The van der Waals surface area contributed by atoms with Crippen LogP contribution in [0.3, 0.4) is 0 Å². The van der Waals surface area contributed by atoms with Crippen LogP contribution in [0.5, 0.6) is 5.75 Å². The van der Waals surface area contributed by atoms with Crippen LogP contribution in [0.25, 0.3) is 0 Å². The van der Waals surface area contributed by atoms with Crippen molar-refractivity contribution < 1.29 is 4.74 Å². The van der Waals surface area contributed by atoms with Crippen LogP contribution < -0.4 is 10.1 Å². The lowest BCUT2D eigenvalue weighted by molar-refractivity contribution is 0.303. The molecule has 0 aliphatic carbocycles. The van der Waals surface area contributed by atoms with Crippen molar-refractivity contribution in [2.45, 2.75) is 40.2 Å². The fourth-order valence-electron chi connectivity index (χ4n) is 2.17. The highest BCUT2D eigenvalue weighted by atomic mass is 79.9. The summed E-state index contributed by atoms with van der Waals surface area (Å²) in [5.74, 6) is 2.12. The van der Waals surface area contributed by atoms with Gasteiger partial charge in [-0.15, -0.1) is 0 Å². The van der Waals surface area contributed by atoms with Gasteiger partial charge < -0.3 is 10.1 Å². The molecule has 2 atom stereocenters. The van der Waals surface area contributed by atoms with Crippen molar-refractivity contribution in [1.29, 1.82) is 0 Å². The molecule has 0 spiro atoms. The minimum Gasteiger partial charge on any atom is -0.496 e. The highest BCUT2D eigenvalue weighted by Crippen LogP contribution is 2.33. The molecule has 1 rings (SSSR count). The Hall–Kier alpha value is -0.540. The molecule has 1 aromatic rings. The Kier molecular flexibility index (Phi) is 6.87. The van der Waals surface area contributed by atoms with Gasteiger partial charge in [-0.2, -0.15) is 0 Å². The Morgan fingerprint density at radius 1 is 1.26 bits per heavy atom. The molecule has 0 aliphatic rings. The Morgan fingerprint density at radius 2 is 1.95 bits per heavy atom. The largest absolute Gasteiger partial charge is 0.496 e. The summed E-state index contributed by atoms with van der Waals surface area (Å²) in [6.45, 7) is 10.1. The molecular formula is C16H26BrNO. The summed E-state index contributed by atoms with van der Waals surface area (Å²) < 4.78 is 6.32. The zero-order valence-electron chi connectivity index (χ0n) is 12.7. The lowest BCUT2D eigenvalue weighted by Crippen LogP contribution is -2.30. The maximum Gasteiger partial charge on any atom is 0.133 e. The number of hydrogen-bond acceptors (Lipinski definition) is 2. The second-order valence-electron chi connectivity index (χ2n) is 5.43. The van der Waals surface area contributed by atoms with Crippen molar-refractivity contribution in [3.05, 3.63) is 28.2 Å². The topological polar surface area (TPSA) is 21.3 Å². The van der Waals surface area contributed by atoms with Gasteiger partial charge in [0.1, 0.15) is 5.75 Å². The first-order valence-corrected chi connectivity index (χ1v) is 7.87. The van der Waals surface area contributed by atoms with Gasteiger partial charge >= 0.3 is 0 Å². The number of nitrogens with one attached hydrogen (secondary N) is 1. The standard InChI is InChI=1S/C16H26BrNO/c1-6-9-18-16(12(4)11(2)3)13-7-8-15(19-5)14(17)10-13/h7-8,10-12,16,18H,6,9H2,1-5H3. The lowest BCUT2D eigenvalue weighted by Gasteiger charge is -2.29. The predicted molar refractivity (Wildman–Crippen MR) is 85.7 cm³/mol. The Balaban J connectivity index is 2.99. The summed E-state index contributed by atoms with van der Waals surface area (Å²) in [5.41, 5.74) is 1.32. The predicted octanol–water partition coefficient (Wildman–Crippen LogP) is 4.79. The van der Waals surface area contributed by atoms with Crippen molar-refractivity contribution in [2.75, 3.05) is 13.7 Å². The van der Waals surface area contributed by atoms with E-state index in [1.165, 1.54) is 5.56 Å². The second-order valence-corrected chi connectivity index (χ2v) is 6.28. The van der Waals surface area contributed by atoms with E-state index in [9.17, 15) is 0 Å². The van der Waals surface area contributed by atoms with Gasteiger partial charge in [-0.1, -0.05) is 33.8 Å². The van der Waals surface area contributed by atoms with E-state index in [0.29, 0.717) is 17.9 Å². The molecule has 0 amide bonds. The molecule has 0 saturated carbocycles. The first-order valence-electron chi connectivity index (χ1n) is 7.08. The molecule has 0 bridgehead atoms. The summed E-state index contributed by atoms with van der Waals surface area (Å²) in [6.07, 6.45) is 1.15. The molecule has 19 heavy (non-hydrogen) atoms. The minimum absolute atomic E-state index is 0.391. The molecule has 108 valence electrons. The Bertz CT molecular complexity index is 392. The molecule has 0 fully saturated rings. The highest BCUT2D eigenvalue weighted by Gasteiger charge is 2.22.